The molecule has 0 aromatic rings. The first-order valence-corrected chi connectivity index (χ1v) is 4.13. The Kier molecular flexibility index (Phi) is 4.82. The lowest BCUT2D eigenvalue weighted by Crippen LogP contribution is -2.01. The fraction of sp³-hybridized carbons (Fsp3) is 0.364. The standard InChI is InChI=1S/C11H16O2/c1-8(2)9(3)6-7-10(4)11(12)13-5/h6-8H,3-4H2,1-2,5H3/b7-6-. The van der Waals surface area contributed by atoms with Crippen molar-refractivity contribution < 1.29 is 9.53 Å². The van der Waals surface area contributed by atoms with Crippen LogP contribution in [0.1, 0.15) is 13.8 Å². The van der Waals surface area contributed by atoms with Gasteiger partial charge in [0.25, 0.3) is 0 Å². The van der Waals surface area contributed by atoms with Crippen molar-refractivity contribution in [3.05, 3.63) is 36.5 Å². The van der Waals surface area contributed by atoms with Gasteiger partial charge in [-0.05, 0) is 12.0 Å². The first-order valence-electron chi connectivity index (χ1n) is 4.13. The molecule has 0 aromatic heterocycles. The van der Waals surface area contributed by atoms with Crippen LogP contribution in [0.4, 0.5) is 0 Å². The summed E-state index contributed by atoms with van der Waals surface area (Å²) in [5.41, 5.74) is 1.30. The lowest BCUT2D eigenvalue weighted by molar-refractivity contribution is -0.135. The van der Waals surface area contributed by atoms with Crippen LogP contribution in [0.5, 0.6) is 0 Å². The highest BCUT2D eigenvalue weighted by Gasteiger charge is 2.02. The van der Waals surface area contributed by atoms with E-state index >= 15 is 0 Å². The topological polar surface area (TPSA) is 26.3 Å². The van der Waals surface area contributed by atoms with Crippen LogP contribution in [0.2, 0.25) is 0 Å². The van der Waals surface area contributed by atoms with Crippen LogP contribution in [0.15, 0.2) is 36.5 Å². The molecule has 0 amide bonds. The summed E-state index contributed by atoms with van der Waals surface area (Å²) in [6.07, 6.45) is 3.40. The normalized spacial score (nSPS) is 10.5. The third-order valence-electron chi connectivity index (χ3n) is 1.69. The Balaban J connectivity index is 4.21. The minimum atomic E-state index is -0.409. The zero-order chi connectivity index (χ0) is 10.4. The Morgan fingerprint density at radius 2 is 1.85 bits per heavy atom. The number of carbonyl (C=O) groups excluding carboxylic acids is 1. The van der Waals surface area contributed by atoms with Crippen molar-refractivity contribution in [2.75, 3.05) is 7.11 Å². The molecule has 0 atom stereocenters. The van der Waals surface area contributed by atoms with Gasteiger partial charge in [-0.2, -0.15) is 0 Å². The summed E-state index contributed by atoms with van der Waals surface area (Å²) in [6, 6.07) is 0. The van der Waals surface area contributed by atoms with Crippen molar-refractivity contribution in [1.29, 1.82) is 0 Å². The average molecular weight is 180 g/mol. The van der Waals surface area contributed by atoms with Crippen molar-refractivity contribution in [3.63, 3.8) is 0 Å². The highest BCUT2D eigenvalue weighted by Crippen LogP contribution is 2.09. The molecule has 0 aliphatic heterocycles. The van der Waals surface area contributed by atoms with Gasteiger partial charge in [-0.15, -0.1) is 0 Å². The molecule has 0 spiro atoms. The highest BCUT2D eigenvalue weighted by molar-refractivity contribution is 5.90. The molecule has 0 N–H and O–H groups in total. The van der Waals surface area contributed by atoms with E-state index in [1.165, 1.54) is 7.11 Å². The van der Waals surface area contributed by atoms with E-state index in [0.717, 1.165) is 5.57 Å². The van der Waals surface area contributed by atoms with Gasteiger partial charge in [-0.1, -0.05) is 38.7 Å². The molecule has 13 heavy (non-hydrogen) atoms. The lowest BCUT2D eigenvalue weighted by Gasteiger charge is -2.02. The Morgan fingerprint density at radius 1 is 1.31 bits per heavy atom. The Bertz CT molecular complexity index is 247. The maximum atomic E-state index is 10.9. The number of methoxy groups -OCH3 is 1. The first-order chi connectivity index (χ1) is 5.99. The monoisotopic (exact) mass is 180 g/mol. The molecular formula is C11H16O2. The number of carbonyl (C=O) groups is 1. The molecule has 0 heterocycles. The zero-order valence-corrected chi connectivity index (χ0v) is 8.46. The number of allylic oxidation sites excluding steroid dienone is 2. The molecule has 0 aliphatic carbocycles. The summed E-state index contributed by atoms with van der Waals surface area (Å²) in [5, 5.41) is 0. The van der Waals surface area contributed by atoms with Gasteiger partial charge in [0, 0.05) is 0 Å². The van der Waals surface area contributed by atoms with E-state index in [-0.39, 0.29) is 0 Å². The van der Waals surface area contributed by atoms with E-state index in [1.807, 2.05) is 13.8 Å². The summed E-state index contributed by atoms with van der Waals surface area (Å²) in [7, 11) is 1.33. The fourth-order valence-corrected chi connectivity index (χ4v) is 0.599. The molecule has 2 nitrogen and oxygen atoms in total. The highest BCUT2D eigenvalue weighted by atomic mass is 16.5. The lowest BCUT2D eigenvalue weighted by atomic mass is 10.0. The number of hydrogen-bond donors (Lipinski definition) is 0. The minimum absolute atomic E-state index is 0.337. The molecule has 0 rings (SSSR count). The van der Waals surface area contributed by atoms with Gasteiger partial charge < -0.3 is 4.74 Å². The van der Waals surface area contributed by atoms with Crippen molar-refractivity contribution >= 4 is 5.97 Å². The largest absolute Gasteiger partial charge is 0.465 e. The molecule has 0 saturated heterocycles. The number of hydrogen-bond acceptors (Lipinski definition) is 2. The van der Waals surface area contributed by atoms with Crippen LogP contribution in [0.3, 0.4) is 0 Å². The third-order valence-corrected chi connectivity index (χ3v) is 1.69. The van der Waals surface area contributed by atoms with Gasteiger partial charge in [0.15, 0.2) is 0 Å². The predicted molar refractivity (Wildman–Crippen MR) is 54.3 cm³/mol. The predicted octanol–water partition coefficient (Wildman–Crippen LogP) is 2.48. The molecule has 72 valence electrons. The van der Waals surface area contributed by atoms with Gasteiger partial charge in [-0.3, -0.25) is 0 Å². The SMILES string of the molecule is C=C(/C=C\C(=C)C(C)C)C(=O)OC. The summed E-state index contributed by atoms with van der Waals surface area (Å²) >= 11 is 0. The summed E-state index contributed by atoms with van der Waals surface area (Å²) in [5.74, 6) is -0.0329. The van der Waals surface area contributed by atoms with Gasteiger partial charge >= 0.3 is 5.97 Å². The van der Waals surface area contributed by atoms with Crippen LogP contribution in [-0.4, -0.2) is 13.1 Å². The maximum Gasteiger partial charge on any atom is 0.337 e. The van der Waals surface area contributed by atoms with Gasteiger partial charge in [-0.25, -0.2) is 4.79 Å². The van der Waals surface area contributed by atoms with E-state index in [2.05, 4.69) is 17.9 Å². The van der Waals surface area contributed by atoms with E-state index < -0.39 is 5.97 Å². The van der Waals surface area contributed by atoms with E-state index in [4.69, 9.17) is 0 Å². The molecule has 0 fully saturated rings. The number of rotatable bonds is 4. The maximum absolute atomic E-state index is 10.9. The molecule has 0 aliphatic rings. The summed E-state index contributed by atoms with van der Waals surface area (Å²) < 4.78 is 4.49. The number of esters is 1. The van der Waals surface area contributed by atoms with Gasteiger partial charge in [0.1, 0.15) is 0 Å². The van der Waals surface area contributed by atoms with E-state index in [0.29, 0.717) is 11.5 Å². The Labute approximate surface area is 79.6 Å². The van der Waals surface area contributed by atoms with Crippen molar-refractivity contribution in [2.24, 2.45) is 5.92 Å². The van der Waals surface area contributed by atoms with Crippen LogP contribution in [0.25, 0.3) is 0 Å². The van der Waals surface area contributed by atoms with Crippen molar-refractivity contribution in [3.8, 4) is 0 Å². The van der Waals surface area contributed by atoms with Gasteiger partial charge in [0.05, 0.1) is 12.7 Å². The average Bonchev–Trinajstić information content (AvgIpc) is 2.11. The second-order valence-corrected chi connectivity index (χ2v) is 3.08. The molecule has 0 radical (unpaired) electrons. The first kappa shape index (κ1) is 11.7. The summed E-state index contributed by atoms with van der Waals surface area (Å²) in [4.78, 5) is 10.9. The van der Waals surface area contributed by atoms with E-state index in [9.17, 15) is 4.79 Å². The second kappa shape index (κ2) is 5.36. The quantitative estimate of drug-likeness (QED) is 0.377. The van der Waals surface area contributed by atoms with Crippen LogP contribution < -0.4 is 0 Å². The molecule has 0 bridgehead atoms. The van der Waals surface area contributed by atoms with Crippen LogP contribution in [0, 0.1) is 5.92 Å². The smallest absolute Gasteiger partial charge is 0.337 e. The fourth-order valence-electron chi connectivity index (χ4n) is 0.599. The van der Waals surface area contributed by atoms with Crippen LogP contribution >= 0.6 is 0 Å². The molecule has 0 aromatic carbocycles. The van der Waals surface area contributed by atoms with Crippen molar-refractivity contribution in [1.82, 2.24) is 0 Å². The van der Waals surface area contributed by atoms with Crippen LogP contribution in [-0.2, 0) is 9.53 Å². The second-order valence-electron chi connectivity index (χ2n) is 3.08. The molecule has 2 heteroatoms. The third kappa shape index (κ3) is 4.31. The zero-order valence-electron chi connectivity index (χ0n) is 8.46. The summed E-state index contributed by atoms with van der Waals surface area (Å²) in [6.45, 7) is 11.5. The van der Waals surface area contributed by atoms with Crippen molar-refractivity contribution in [2.45, 2.75) is 13.8 Å². The Hall–Kier alpha value is -1.31. The molecular weight excluding hydrogens is 164 g/mol. The number of ether oxygens (including phenoxy) is 1. The molecule has 0 saturated carbocycles. The van der Waals surface area contributed by atoms with Gasteiger partial charge in [0.2, 0.25) is 0 Å². The minimum Gasteiger partial charge on any atom is -0.465 e. The Morgan fingerprint density at radius 3 is 2.23 bits per heavy atom. The molecule has 0 unspecified atom stereocenters. The van der Waals surface area contributed by atoms with E-state index in [1.54, 1.807) is 12.2 Å².